The SMILES string of the molecule is C[C@@H](C(=O)N[C@H]1CCCN[C@@H]1c1ccccc1)c1ccccc1. The molecule has 0 aliphatic carbocycles. The van der Waals surface area contributed by atoms with Gasteiger partial charge in [-0.1, -0.05) is 60.7 Å². The Morgan fingerprint density at radius 3 is 2.43 bits per heavy atom. The van der Waals surface area contributed by atoms with Crippen LogP contribution in [0.4, 0.5) is 0 Å². The zero-order chi connectivity index (χ0) is 16.1. The fraction of sp³-hybridized carbons (Fsp3) is 0.350. The highest BCUT2D eigenvalue weighted by atomic mass is 16.1. The van der Waals surface area contributed by atoms with Crippen molar-refractivity contribution >= 4 is 5.91 Å². The van der Waals surface area contributed by atoms with Gasteiger partial charge in [-0.2, -0.15) is 0 Å². The van der Waals surface area contributed by atoms with Gasteiger partial charge in [0.15, 0.2) is 0 Å². The van der Waals surface area contributed by atoms with Gasteiger partial charge >= 0.3 is 0 Å². The lowest BCUT2D eigenvalue weighted by atomic mass is 9.91. The van der Waals surface area contributed by atoms with Gasteiger partial charge in [-0.15, -0.1) is 0 Å². The van der Waals surface area contributed by atoms with E-state index in [9.17, 15) is 4.79 Å². The van der Waals surface area contributed by atoms with Crippen LogP contribution in [0.25, 0.3) is 0 Å². The number of benzene rings is 2. The van der Waals surface area contributed by atoms with E-state index in [0.29, 0.717) is 0 Å². The number of piperidine rings is 1. The summed E-state index contributed by atoms with van der Waals surface area (Å²) in [7, 11) is 0. The topological polar surface area (TPSA) is 41.1 Å². The molecule has 0 bridgehead atoms. The molecule has 1 heterocycles. The van der Waals surface area contributed by atoms with E-state index in [-0.39, 0.29) is 23.9 Å². The molecule has 2 aromatic rings. The Kier molecular flexibility index (Phi) is 5.09. The molecule has 23 heavy (non-hydrogen) atoms. The number of nitrogens with one attached hydrogen (secondary N) is 2. The van der Waals surface area contributed by atoms with Gasteiger partial charge in [0.05, 0.1) is 12.0 Å². The highest BCUT2D eigenvalue weighted by Crippen LogP contribution is 2.24. The van der Waals surface area contributed by atoms with Gasteiger partial charge in [0, 0.05) is 6.04 Å². The Hall–Kier alpha value is -2.13. The van der Waals surface area contributed by atoms with Gasteiger partial charge < -0.3 is 10.6 Å². The molecule has 2 aromatic carbocycles. The molecule has 0 spiro atoms. The van der Waals surface area contributed by atoms with E-state index in [2.05, 4.69) is 34.9 Å². The summed E-state index contributed by atoms with van der Waals surface area (Å²) in [5, 5.41) is 6.82. The smallest absolute Gasteiger partial charge is 0.227 e. The van der Waals surface area contributed by atoms with Crippen LogP contribution in [0.2, 0.25) is 0 Å². The lowest BCUT2D eigenvalue weighted by Gasteiger charge is -2.34. The van der Waals surface area contributed by atoms with Crippen LogP contribution >= 0.6 is 0 Å². The maximum absolute atomic E-state index is 12.6. The van der Waals surface area contributed by atoms with Crippen LogP contribution < -0.4 is 10.6 Å². The summed E-state index contributed by atoms with van der Waals surface area (Å²) >= 11 is 0. The van der Waals surface area contributed by atoms with Gasteiger partial charge in [-0.05, 0) is 37.4 Å². The zero-order valence-corrected chi connectivity index (χ0v) is 13.5. The van der Waals surface area contributed by atoms with Crippen LogP contribution in [0.3, 0.4) is 0 Å². The first-order chi connectivity index (χ1) is 11.3. The summed E-state index contributed by atoms with van der Waals surface area (Å²) < 4.78 is 0. The van der Waals surface area contributed by atoms with E-state index < -0.39 is 0 Å². The maximum Gasteiger partial charge on any atom is 0.227 e. The van der Waals surface area contributed by atoms with Crippen molar-refractivity contribution in [1.82, 2.24) is 10.6 Å². The number of hydrogen-bond donors (Lipinski definition) is 2. The van der Waals surface area contributed by atoms with E-state index >= 15 is 0 Å². The molecule has 0 saturated carbocycles. The second kappa shape index (κ2) is 7.42. The van der Waals surface area contributed by atoms with E-state index in [0.717, 1.165) is 24.9 Å². The molecule has 1 saturated heterocycles. The van der Waals surface area contributed by atoms with Gasteiger partial charge in [-0.25, -0.2) is 0 Å². The van der Waals surface area contributed by atoms with Crippen molar-refractivity contribution in [2.24, 2.45) is 0 Å². The highest BCUT2D eigenvalue weighted by molar-refractivity contribution is 5.83. The minimum atomic E-state index is -0.130. The molecule has 1 aliphatic heterocycles. The van der Waals surface area contributed by atoms with Crippen LogP contribution in [0.5, 0.6) is 0 Å². The number of carbonyl (C=O) groups is 1. The molecule has 120 valence electrons. The Bertz CT molecular complexity index is 627. The molecule has 3 rings (SSSR count). The molecule has 0 unspecified atom stereocenters. The second-order valence-electron chi connectivity index (χ2n) is 6.23. The van der Waals surface area contributed by atoms with Gasteiger partial charge in [-0.3, -0.25) is 4.79 Å². The minimum Gasteiger partial charge on any atom is -0.351 e. The molecule has 1 aliphatic rings. The molecular weight excluding hydrogens is 284 g/mol. The summed E-state index contributed by atoms with van der Waals surface area (Å²) in [6.45, 7) is 2.97. The molecule has 3 nitrogen and oxygen atoms in total. The minimum absolute atomic E-state index is 0.103. The fourth-order valence-corrected chi connectivity index (χ4v) is 3.26. The number of amides is 1. The maximum atomic E-state index is 12.6. The first kappa shape index (κ1) is 15.8. The van der Waals surface area contributed by atoms with Crippen molar-refractivity contribution in [3.8, 4) is 0 Å². The fourth-order valence-electron chi connectivity index (χ4n) is 3.26. The highest BCUT2D eigenvalue weighted by Gasteiger charge is 2.28. The zero-order valence-electron chi connectivity index (χ0n) is 13.5. The van der Waals surface area contributed by atoms with Crippen molar-refractivity contribution in [2.45, 2.75) is 37.8 Å². The number of hydrogen-bond acceptors (Lipinski definition) is 2. The molecule has 0 radical (unpaired) electrons. The van der Waals surface area contributed by atoms with Crippen molar-refractivity contribution < 1.29 is 4.79 Å². The van der Waals surface area contributed by atoms with E-state index in [4.69, 9.17) is 0 Å². The molecule has 3 atom stereocenters. The third-order valence-electron chi connectivity index (χ3n) is 4.64. The second-order valence-corrected chi connectivity index (χ2v) is 6.23. The van der Waals surface area contributed by atoms with Crippen molar-refractivity contribution in [1.29, 1.82) is 0 Å². The van der Waals surface area contributed by atoms with Crippen LogP contribution in [0.1, 0.15) is 42.9 Å². The first-order valence-corrected chi connectivity index (χ1v) is 8.39. The van der Waals surface area contributed by atoms with Crippen molar-refractivity contribution in [3.05, 3.63) is 71.8 Å². The average molecular weight is 308 g/mol. The van der Waals surface area contributed by atoms with Gasteiger partial charge in [0.25, 0.3) is 0 Å². The Labute approximate surface area is 138 Å². The lowest BCUT2D eigenvalue weighted by molar-refractivity contribution is -0.123. The summed E-state index contributed by atoms with van der Waals surface area (Å²) in [5.74, 6) is -0.0274. The quantitative estimate of drug-likeness (QED) is 0.909. The van der Waals surface area contributed by atoms with Crippen LogP contribution in [-0.4, -0.2) is 18.5 Å². The molecular formula is C20H24N2O. The monoisotopic (exact) mass is 308 g/mol. The van der Waals surface area contributed by atoms with Crippen LogP contribution in [0, 0.1) is 0 Å². The summed E-state index contributed by atoms with van der Waals surface area (Å²) in [4.78, 5) is 12.6. The molecule has 1 fully saturated rings. The molecule has 1 amide bonds. The van der Waals surface area contributed by atoms with E-state index in [1.54, 1.807) is 0 Å². The Morgan fingerprint density at radius 1 is 1.09 bits per heavy atom. The summed E-state index contributed by atoms with van der Waals surface area (Å²) in [6, 6.07) is 20.7. The summed E-state index contributed by atoms with van der Waals surface area (Å²) in [5.41, 5.74) is 2.30. The predicted octanol–water partition coefficient (Wildman–Crippen LogP) is 3.40. The first-order valence-electron chi connectivity index (χ1n) is 8.39. The lowest BCUT2D eigenvalue weighted by Crippen LogP contribution is -2.49. The van der Waals surface area contributed by atoms with Crippen molar-refractivity contribution in [3.63, 3.8) is 0 Å². The van der Waals surface area contributed by atoms with E-state index in [1.807, 2.05) is 43.3 Å². The largest absolute Gasteiger partial charge is 0.351 e. The average Bonchev–Trinajstić information content (AvgIpc) is 2.63. The predicted molar refractivity (Wildman–Crippen MR) is 93.2 cm³/mol. The molecule has 3 heteroatoms. The number of rotatable bonds is 4. The van der Waals surface area contributed by atoms with Crippen LogP contribution in [-0.2, 0) is 4.79 Å². The van der Waals surface area contributed by atoms with Gasteiger partial charge in [0.2, 0.25) is 5.91 Å². The third kappa shape index (κ3) is 3.80. The van der Waals surface area contributed by atoms with E-state index in [1.165, 1.54) is 5.56 Å². The third-order valence-corrected chi connectivity index (χ3v) is 4.64. The number of carbonyl (C=O) groups excluding carboxylic acids is 1. The molecule has 0 aromatic heterocycles. The van der Waals surface area contributed by atoms with Crippen molar-refractivity contribution in [2.75, 3.05) is 6.54 Å². The Balaban J connectivity index is 1.71. The summed E-state index contributed by atoms with van der Waals surface area (Å²) in [6.07, 6.45) is 2.10. The van der Waals surface area contributed by atoms with Crippen LogP contribution in [0.15, 0.2) is 60.7 Å². The normalized spacial score (nSPS) is 22.3. The molecule has 2 N–H and O–H groups in total. The standard InChI is InChI=1S/C20H24N2O/c1-15(16-9-4-2-5-10-16)20(23)22-18-13-8-14-21-19(18)17-11-6-3-7-12-17/h2-7,9-12,15,18-19,21H,8,13-14H2,1H3,(H,22,23)/t15-,18+,19-/m1/s1. The van der Waals surface area contributed by atoms with Gasteiger partial charge in [0.1, 0.15) is 0 Å². The Morgan fingerprint density at radius 2 is 1.74 bits per heavy atom.